The third kappa shape index (κ3) is 2.95. The molecule has 6 heteroatoms. The number of nitro benzene ring substituents is 1. The molecule has 0 aliphatic heterocycles. The Balaban J connectivity index is 3.21. The van der Waals surface area contributed by atoms with Crippen LogP contribution in [0.15, 0.2) is 18.2 Å². The molecule has 0 aromatic heterocycles. The first-order chi connectivity index (χ1) is 7.95. The Morgan fingerprint density at radius 2 is 2.29 bits per heavy atom. The molecule has 0 bridgehead atoms. The molecule has 0 saturated heterocycles. The lowest BCUT2D eigenvalue weighted by atomic mass is 10.1. The second-order valence-corrected chi connectivity index (χ2v) is 3.39. The Bertz CT molecular complexity index is 505. The molecule has 0 aliphatic carbocycles. The van der Waals surface area contributed by atoms with Gasteiger partial charge in [-0.15, -0.1) is 6.42 Å². The molecule has 0 fully saturated rings. The Morgan fingerprint density at radius 3 is 2.76 bits per heavy atom. The van der Waals surface area contributed by atoms with Crippen molar-refractivity contribution in [1.82, 2.24) is 0 Å². The third-order valence-electron chi connectivity index (χ3n) is 2.10. The summed E-state index contributed by atoms with van der Waals surface area (Å²) < 4.78 is 0. The highest BCUT2D eigenvalue weighted by molar-refractivity contribution is 5.94. The second kappa shape index (κ2) is 4.99. The SMILES string of the molecule is C#CC(C)Nc1cc(C(N)=O)ccc1[N+](=O)[O-]. The van der Waals surface area contributed by atoms with E-state index in [9.17, 15) is 14.9 Å². The van der Waals surface area contributed by atoms with Gasteiger partial charge in [0.2, 0.25) is 5.91 Å². The molecule has 0 heterocycles. The van der Waals surface area contributed by atoms with Crippen LogP contribution in [0.25, 0.3) is 0 Å². The molecule has 0 aliphatic rings. The quantitative estimate of drug-likeness (QED) is 0.462. The Kier molecular flexibility index (Phi) is 3.67. The van der Waals surface area contributed by atoms with E-state index in [4.69, 9.17) is 12.2 Å². The minimum absolute atomic E-state index is 0.155. The number of terminal acetylenes is 1. The highest BCUT2D eigenvalue weighted by atomic mass is 16.6. The summed E-state index contributed by atoms with van der Waals surface area (Å²) in [6.07, 6.45) is 5.17. The Hall–Kier alpha value is -2.55. The van der Waals surface area contributed by atoms with Crippen LogP contribution >= 0.6 is 0 Å². The molecule has 6 nitrogen and oxygen atoms in total. The number of nitro groups is 1. The first kappa shape index (κ1) is 12.5. The zero-order chi connectivity index (χ0) is 13.0. The number of nitrogens with two attached hydrogens (primary N) is 1. The van der Waals surface area contributed by atoms with Gasteiger partial charge in [-0.3, -0.25) is 14.9 Å². The number of amides is 1. The maximum absolute atomic E-state index is 11.0. The van der Waals surface area contributed by atoms with Crippen LogP contribution in [-0.4, -0.2) is 16.9 Å². The summed E-state index contributed by atoms with van der Waals surface area (Å²) in [5, 5.41) is 13.5. The van der Waals surface area contributed by atoms with Crippen LogP contribution in [0.3, 0.4) is 0 Å². The molecule has 1 unspecified atom stereocenters. The molecule has 0 radical (unpaired) electrons. The largest absolute Gasteiger partial charge is 0.366 e. The van der Waals surface area contributed by atoms with Gasteiger partial charge in [-0.05, 0) is 19.1 Å². The first-order valence-electron chi connectivity index (χ1n) is 4.76. The number of carbonyl (C=O) groups is 1. The van der Waals surface area contributed by atoms with Gasteiger partial charge in [0.05, 0.1) is 11.0 Å². The fourth-order valence-corrected chi connectivity index (χ4v) is 1.24. The van der Waals surface area contributed by atoms with Crippen molar-refractivity contribution in [3.8, 4) is 12.3 Å². The van der Waals surface area contributed by atoms with E-state index in [1.165, 1.54) is 18.2 Å². The number of hydrogen-bond acceptors (Lipinski definition) is 4. The summed E-state index contributed by atoms with van der Waals surface area (Å²) in [6, 6.07) is 3.43. The van der Waals surface area contributed by atoms with Gasteiger partial charge in [0.1, 0.15) is 5.69 Å². The van der Waals surface area contributed by atoms with E-state index in [0.29, 0.717) is 0 Å². The number of anilines is 1. The Labute approximate surface area is 98.0 Å². The van der Waals surface area contributed by atoms with Crippen molar-refractivity contribution in [2.45, 2.75) is 13.0 Å². The molecule has 17 heavy (non-hydrogen) atoms. The third-order valence-corrected chi connectivity index (χ3v) is 2.10. The number of benzene rings is 1. The number of rotatable bonds is 4. The molecular weight excluding hydrogens is 222 g/mol. The minimum Gasteiger partial charge on any atom is -0.366 e. The second-order valence-electron chi connectivity index (χ2n) is 3.39. The number of carbonyl (C=O) groups excluding carboxylic acids is 1. The van der Waals surface area contributed by atoms with Crippen molar-refractivity contribution in [3.63, 3.8) is 0 Å². The topological polar surface area (TPSA) is 98.3 Å². The van der Waals surface area contributed by atoms with Crippen LogP contribution < -0.4 is 11.1 Å². The predicted molar refractivity (Wildman–Crippen MR) is 63.5 cm³/mol. The van der Waals surface area contributed by atoms with Gasteiger partial charge in [0, 0.05) is 11.6 Å². The summed E-state index contributed by atoms with van der Waals surface area (Å²) in [6.45, 7) is 1.67. The lowest BCUT2D eigenvalue weighted by Gasteiger charge is -2.10. The summed E-state index contributed by atoms with van der Waals surface area (Å²) in [5.74, 6) is 1.72. The van der Waals surface area contributed by atoms with Gasteiger partial charge in [-0.2, -0.15) is 0 Å². The summed E-state index contributed by atoms with van der Waals surface area (Å²) in [4.78, 5) is 21.2. The monoisotopic (exact) mass is 233 g/mol. The molecule has 0 spiro atoms. The normalized spacial score (nSPS) is 11.3. The molecule has 1 rings (SSSR count). The zero-order valence-electron chi connectivity index (χ0n) is 9.14. The van der Waals surface area contributed by atoms with Crippen molar-refractivity contribution in [2.24, 2.45) is 5.73 Å². The van der Waals surface area contributed by atoms with Gasteiger partial charge < -0.3 is 11.1 Å². The van der Waals surface area contributed by atoms with E-state index in [2.05, 4.69) is 11.2 Å². The van der Waals surface area contributed by atoms with Crippen molar-refractivity contribution < 1.29 is 9.72 Å². The van der Waals surface area contributed by atoms with Crippen molar-refractivity contribution in [3.05, 3.63) is 33.9 Å². The highest BCUT2D eigenvalue weighted by Gasteiger charge is 2.16. The summed E-state index contributed by atoms with van der Waals surface area (Å²) in [7, 11) is 0. The molecule has 1 amide bonds. The summed E-state index contributed by atoms with van der Waals surface area (Å²) >= 11 is 0. The van der Waals surface area contributed by atoms with Gasteiger partial charge in [0.15, 0.2) is 0 Å². The molecule has 1 aromatic carbocycles. The predicted octanol–water partition coefficient (Wildman–Crippen LogP) is 1.13. The van der Waals surface area contributed by atoms with Crippen LogP contribution in [0.1, 0.15) is 17.3 Å². The number of nitrogens with zero attached hydrogens (tertiary/aromatic N) is 1. The van der Waals surface area contributed by atoms with Crippen molar-refractivity contribution >= 4 is 17.3 Å². The molecule has 1 aromatic rings. The van der Waals surface area contributed by atoms with E-state index in [1.54, 1.807) is 6.92 Å². The smallest absolute Gasteiger partial charge is 0.292 e. The van der Waals surface area contributed by atoms with E-state index in [1.807, 2.05) is 0 Å². The van der Waals surface area contributed by atoms with Gasteiger partial charge >= 0.3 is 0 Å². The fraction of sp³-hybridized carbons (Fsp3) is 0.182. The van der Waals surface area contributed by atoms with E-state index >= 15 is 0 Å². The minimum atomic E-state index is -0.656. The van der Waals surface area contributed by atoms with Gasteiger partial charge in [-0.25, -0.2) is 0 Å². The van der Waals surface area contributed by atoms with Crippen molar-refractivity contribution in [2.75, 3.05) is 5.32 Å². The maximum atomic E-state index is 11.0. The van der Waals surface area contributed by atoms with E-state index in [0.717, 1.165) is 0 Å². The number of hydrogen-bond donors (Lipinski definition) is 2. The first-order valence-corrected chi connectivity index (χ1v) is 4.76. The number of nitrogens with one attached hydrogen (secondary N) is 1. The molecule has 3 N–H and O–H groups in total. The maximum Gasteiger partial charge on any atom is 0.292 e. The van der Waals surface area contributed by atoms with Crippen LogP contribution in [0.5, 0.6) is 0 Å². The standard InChI is InChI=1S/C11H11N3O3/c1-3-7(2)13-9-6-8(11(12)15)4-5-10(9)14(16)17/h1,4-7,13H,2H3,(H2,12,15). The van der Waals surface area contributed by atoms with Crippen molar-refractivity contribution in [1.29, 1.82) is 0 Å². The lowest BCUT2D eigenvalue weighted by Crippen LogP contribution is -2.16. The zero-order valence-corrected chi connectivity index (χ0v) is 9.14. The average molecular weight is 233 g/mol. The highest BCUT2D eigenvalue weighted by Crippen LogP contribution is 2.25. The number of primary amides is 1. The van der Waals surface area contributed by atoms with E-state index in [-0.39, 0.29) is 16.9 Å². The average Bonchev–Trinajstić information content (AvgIpc) is 2.28. The summed E-state index contributed by atoms with van der Waals surface area (Å²) in [5.41, 5.74) is 5.30. The molecule has 0 saturated carbocycles. The van der Waals surface area contributed by atoms with Gasteiger partial charge in [-0.1, -0.05) is 5.92 Å². The molecular formula is C11H11N3O3. The fourth-order valence-electron chi connectivity index (χ4n) is 1.24. The van der Waals surface area contributed by atoms with Crippen LogP contribution in [-0.2, 0) is 0 Å². The van der Waals surface area contributed by atoms with Crippen LogP contribution in [0.2, 0.25) is 0 Å². The molecule has 1 atom stereocenters. The van der Waals surface area contributed by atoms with Crippen LogP contribution in [0, 0.1) is 22.5 Å². The Morgan fingerprint density at radius 1 is 1.65 bits per heavy atom. The lowest BCUT2D eigenvalue weighted by molar-refractivity contribution is -0.384. The van der Waals surface area contributed by atoms with E-state index < -0.39 is 16.9 Å². The van der Waals surface area contributed by atoms with Gasteiger partial charge in [0.25, 0.3) is 5.69 Å². The van der Waals surface area contributed by atoms with Crippen LogP contribution in [0.4, 0.5) is 11.4 Å². The molecule has 88 valence electrons.